The summed E-state index contributed by atoms with van der Waals surface area (Å²) in [6, 6.07) is 2.91. The zero-order chi connectivity index (χ0) is 9.84. The molecule has 1 heterocycles. The maximum atomic E-state index is 10.9. The van der Waals surface area contributed by atoms with Crippen molar-refractivity contribution in [1.29, 1.82) is 0 Å². The molecule has 0 fully saturated rings. The molecule has 72 valence electrons. The minimum atomic E-state index is -0.403. The summed E-state index contributed by atoms with van der Waals surface area (Å²) in [7, 11) is 0. The monoisotopic (exact) mass is 183 g/mol. The summed E-state index contributed by atoms with van der Waals surface area (Å²) in [6.07, 6.45) is 0. The SMILES string of the molecule is Cc1cc(OCC(C)N)cc(=O)o1. The fourth-order valence-corrected chi connectivity index (χ4v) is 0.887. The van der Waals surface area contributed by atoms with E-state index in [0.29, 0.717) is 18.1 Å². The van der Waals surface area contributed by atoms with Crippen LogP contribution in [0.2, 0.25) is 0 Å². The maximum absolute atomic E-state index is 10.9. The van der Waals surface area contributed by atoms with Crippen molar-refractivity contribution >= 4 is 0 Å². The third kappa shape index (κ3) is 3.29. The van der Waals surface area contributed by atoms with E-state index in [1.54, 1.807) is 13.0 Å². The van der Waals surface area contributed by atoms with Crippen LogP contribution in [0, 0.1) is 6.92 Å². The lowest BCUT2D eigenvalue weighted by Crippen LogP contribution is -2.23. The van der Waals surface area contributed by atoms with Crippen molar-refractivity contribution in [3.05, 3.63) is 28.3 Å². The van der Waals surface area contributed by atoms with Crippen LogP contribution in [-0.4, -0.2) is 12.6 Å². The van der Waals surface area contributed by atoms with Gasteiger partial charge in [0, 0.05) is 12.1 Å². The first-order valence-corrected chi connectivity index (χ1v) is 4.08. The topological polar surface area (TPSA) is 65.5 Å². The highest BCUT2D eigenvalue weighted by Gasteiger charge is 2.00. The molecule has 0 radical (unpaired) electrons. The molecule has 4 heteroatoms. The largest absolute Gasteiger partial charge is 0.492 e. The molecule has 0 aromatic carbocycles. The van der Waals surface area contributed by atoms with Crippen LogP contribution in [0.15, 0.2) is 21.3 Å². The molecular weight excluding hydrogens is 170 g/mol. The predicted octanol–water partition coefficient (Wildman–Crippen LogP) is 0.674. The van der Waals surface area contributed by atoms with E-state index in [-0.39, 0.29) is 6.04 Å². The van der Waals surface area contributed by atoms with Crippen LogP contribution in [0.5, 0.6) is 5.75 Å². The molecule has 0 aliphatic heterocycles. The Labute approximate surface area is 76.3 Å². The molecule has 0 saturated heterocycles. The van der Waals surface area contributed by atoms with E-state index in [1.807, 2.05) is 6.92 Å². The zero-order valence-electron chi connectivity index (χ0n) is 7.74. The minimum absolute atomic E-state index is 0.0486. The van der Waals surface area contributed by atoms with Gasteiger partial charge in [-0.3, -0.25) is 0 Å². The van der Waals surface area contributed by atoms with Gasteiger partial charge in [0.05, 0.1) is 6.07 Å². The molecule has 0 bridgehead atoms. The summed E-state index contributed by atoms with van der Waals surface area (Å²) in [5.74, 6) is 1.04. The van der Waals surface area contributed by atoms with Gasteiger partial charge in [-0.1, -0.05) is 0 Å². The molecule has 0 spiro atoms. The zero-order valence-corrected chi connectivity index (χ0v) is 7.74. The molecule has 1 atom stereocenters. The number of rotatable bonds is 3. The van der Waals surface area contributed by atoms with E-state index in [4.69, 9.17) is 14.9 Å². The maximum Gasteiger partial charge on any atom is 0.339 e. The molecule has 13 heavy (non-hydrogen) atoms. The highest BCUT2D eigenvalue weighted by molar-refractivity contribution is 5.19. The highest BCUT2D eigenvalue weighted by Crippen LogP contribution is 2.08. The Kier molecular flexibility index (Phi) is 3.08. The Morgan fingerprint density at radius 3 is 2.85 bits per heavy atom. The van der Waals surface area contributed by atoms with E-state index in [9.17, 15) is 4.79 Å². The molecule has 0 amide bonds. The lowest BCUT2D eigenvalue weighted by atomic mass is 10.4. The first-order valence-electron chi connectivity index (χ1n) is 4.08. The van der Waals surface area contributed by atoms with Crippen molar-refractivity contribution in [2.24, 2.45) is 5.73 Å². The van der Waals surface area contributed by atoms with Crippen LogP contribution in [0.1, 0.15) is 12.7 Å². The molecule has 0 aliphatic carbocycles. The van der Waals surface area contributed by atoms with Gasteiger partial charge in [0.25, 0.3) is 0 Å². The molecule has 1 unspecified atom stereocenters. The number of ether oxygens (including phenoxy) is 1. The molecule has 0 saturated carbocycles. The van der Waals surface area contributed by atoms with Crippen LogP contribution in [-0.2, 0) is 0 Å². The standard InChI is InChI=1S/C9H13NO3/c1-6(10)5-12-8-3-7(2)13-9(11)4-8/h3-4,6H,5,10H2,1-2H3. The number of nitrogens with two attached hydrogens (primary N) is 1. The summed E-state index contributed by atoms with van der Waals surface area (Å²) in [6.45, 7) is 3.92. The summed E-state index contributed by atoms with van der Waals surface area (Å²) in [4.78, 5) is 10.9. The molecule has 0 aliphatic rings. The van der Waals surface area contributed by atoms with Crippen LogP contribution in [0.3, 0.4) is 0 Å². The van der Waals surface area contributed by atoms with Crippen molar-refractivity contribution < 1.29 is 9.15 Å². The number of hydrogen-bond acceptors (Lipinski definition) is 4. The normalized spacial score (nSPS) is 12.5. The van der Waals surface area contributed by atoms with Gasteiger partial charge in [0.1, 0.15) is 18.1 Å². The molecular formula is C9H13NO3. The van der Waals surface area contributed by atoms with Crippen molar-refractivity contribution in [1.82, 2.24) is 0 Å². The predicted molar refractivity (Wildman–Crippen MR) is 48.9 cm³/mol. The lowest BCUT2D eigenvalue weighted by Gasteiger charge is -2.07. The Hall–Kier alpha value is -1.29. The van der Waals surface area contributed by atoms with Crippen LogP contribution >= 0.6 is 0 Å². The van der Waals surface area contributed by atoms with Crippen LogP contribution in [0.4, 0.5) is 0 Å². The molecule has 4 nitrogen and oxygen atoms in total. The Balaban J connectivity index is 2.72. The third-order valence-corrected chi connectivity index (χ3v) is 1.38. The fourth-order valence-electron chi connectivity index (χ4n) is 0.887. The quantitative estimate of drug-likeness (QED) is 0.748. The number of aryl methyl sites for hydroxylation is 1. The summed E-state index contributed by atoms with van der Waals surface area (Å²) in [5.41, 5.74) is 5.09. The summed E-state index contributed by atoms with van der Waals surface area (Å²) in [5, 5.41) is 0. The van der Waals surface area contributed by atoms with E-state index in [2.05, 4.69) is 0 Å². The van der Waals surface area contributed by atoms with Gasteiger partial charge in [0.15, 0.2) is 0 Å². The first-order chi connectivity index (χ1) is 6.08. The molecule has 2 N–H and O–H groups in total. The van der Waals surface area contributed by atoms with Gasteiger partial charge < -0.3 is 14.9 Å². The van der Waals surface area contributed by atoms with Gasteiger partial charge in [0.2, 0.25) is 0 Å². The average molecular weight is 183 g/mol. The first kappa shape index (κ1) is 9.80. The van der Waals surface area contributed by atoms with E-state index in [1.165, 1.54) is 6.07 Å². The van der Waals surface area contributed by atoms with Crippen LogP contribution < -0.4 is 16.1 Å². The minimum Gasteiger partial charge on any atom is -0.492 e. The highest BCUT2D eigenvalue weighted by atomic mass is 16.5. The molecule has 1 aromatic heterocycles. The Morgan fingerprint density at radius 1 is 1.62 bits per heavy atom. The molecule has 1 aromatic rings. The summed E-state index contributed by atoms with van der Waals surface area (Å²) >= 11 is 0. The number of hydrogen-bond donors (Lipinski definition) is 1. The van der Waals surface area contributed by atoms with E-state index >= 15 is 0 Å². The van der Waals surface area contributed by atoms with Gasteiger partial charge in [-0.25, -0.2) is 4.79 Å². The van der Waals surface area contributed by atoms with Crippen molar-refractivity contribution in [3.63, 3.8) is 0 Å². The second kappa shape index (κ2) is 4.09. The smallest absolute Gasteiger partial charge is 0.339 e. The van der Waals surface area contributed by atoms with Gasteiger partial charge in [-0.15, -0.1) is 0 Å². The Bertz CT molecular complexity index is 330. The van der Waals surface area contributed by atoms with Gasteiger partial charge >= 0.3 is 5.63 Å². The van der Waals surface area contributed by atoms with Crippen molar-refractivity contribution in [2.75, 3.05) is 6.61 Å². The lowest BCUT2D eigenvalue weighted by molar-refractivity contribution is 0.291. The van der Waals surface area contributed by atoms with Crippen molar-refractivity contribution in [2.45, 2.75) is 19.9 Å². The fraction of sp³-hybridized carbons (Fsp3) is 0.444. The van der Waals surface area contributed by atoms with E-state index in [0.717, 1.165) is 0 Å². The second-order valence-electron chi connectivity index (χ2n) is 3.01. The van der Waals surface area contributed by atoms with Gasteiger partial charge in [-0.2, -0.15) is 0 Å². The van der Waals surface area contributed by atoms with Crippen molar-refractivity contribution in [3.8, 4) is 5.75 Å². The summed E-state index contributed by atoms with van der Waals surface area (Å²) < 4.78 is 10.0. The third-order valence-electron chi connectivity index (χ3n) is 1.38. The van der Waals surface area contributed by atoms with Gasteiger partial charge in [-0.05, 0) is 13.8 Å². The van der Waals surface area contributed by atoms with Crippen LogP contribution in [0.25, 0.3) is 0 Å². The Morgan fingerprint density at radius 2 is 2.31 bits per heavy atom. The second-order valence-corrected chi connectivity index (χ2v) is 3.01. The van der Waals surface area contributed by atoms with E-state index < -0.39 is 5.63 Å². The molecule has 1 rings (SSSR count). The average Bonchev–Trinajstić information content (AvgIpc) is 1.99.